The lowest BCUT2D eigenvalue weighted by Crippen LogP contribution is -1.99. The van der Waals surface area contributed by atoms with Crippen LogP contribution in [-0.2, 0) is 6.61 Å². The van der Waals surface area contributed by atoms with Gasteiger partial charge < -0.3 is 4.74 Å². The number of halogens is 1. The van der Waals surface area contributed by atoms with Gasteiger partial charge in [0, 0.05) is 11.8 Å². The Labute approximate surface area is 119 Å². The molecule has 0 radical (unpaired) electrons. The van der Waals surface area contributed by atoms with Crippen LogP contribution < -0.4 is 4.74 Å². The summed E-state index contributed by atoms with van der Waals surface area (Å²) in [5, 5.41) is 0.502. The number of pyridine rings is 1. The van der Waals surface area contributed by atoms with Crippen LogP contribution in [-0.4, -0.2) is 4.98 Å². The first kappa shape index (κ1) is 13.9. The van der Waals surface area contributed by atoms with Gasteiger partial charge in [0.2, 0.25) is 0 Å². The van der Waals surface area contributed by atoms with Crippen molar-refractivity contribution in [2.75, 3.05) is 0 Å². The van der Waals surface area contributed by atoms with E-state index in [4.69, 9.17) is 16.3 Å². The van der Waals surface area contributed by atoms with Crippen molar-refractivity contribution in [1.82, 2.24) is 4.98 Å². The van der Waals surface area contributed by atoms with Gasteiger partial charge in [-0.25, -0.2) is 4.98 Å². The molecule has 0 N–H and O–H groups in total. The molecule has 2 aromatic rings. The maximum absolute atomic E-state index is 5.87. The number of hydrogen-bond donors (Lipinski definition) is 0. The topological polar surface area (TPSA) is 22.1 Å². The maximum atomic E-state index is 5.87. The quantitative estimate of drug-likeness (QED) is 0.752. The minimum Gasteiger partial charge on any atom is -0.489 e. The van der Waals surface area contributed by atoms with Gasteiger partial charge >= 0.3 is 0 Å². The summed E-state index contributed by atoms with van der Waals surface area (Å²) in [7, 11) is 0. The summed E-state index contributed by atoms with van der Waals surface area (Å²) >= 11 is 5.76. The van der Waals surface area contributed by atoms with Crippen molar-refractivity contribution in [2.24, 2.45) is 0 Å². The molecular weight excluding hydrogens is 258 g/mol. The second-order valence-electron chi connectivity index (χ2n) is 4.96. The van der Waals surface area contributed by atoms with Gasteiger partial charge in [0.1, 0.15) is 17.5 Å². The van der Waals surface area contributed by atoms with E-state index in [1.807, 2.05) is 6.07 Å². The van der Waals surface area contributed by atoms with Crippen LogP contribution in [0.25, 0.3) is 0 Å². The molecule has 0 bridgehead atoms. The molecule has 0 aliphatic rings. The number of aryl methyl sites for hydroxylation is 1. The molecule has 2 nitrogen and oxygen atoms in total. The number of nitrogens with zero attached hydrogens (tertiary/aromatic N) is 1. The van der Waals surface area contributed by atoms with Crippen LogP contribution in [0.1, 0.15) is 36.5 Å². The lowest BCUT2D eigenvalue weighted by atomic mass is 10.0. The number of aromatic nitrogens is 1. The molecule has 0 spiro atoms. The van der Waals surface area contributed by atoms with E-state index in [0.717, 1.165) is 16.9 Å². The molecule has 0 atom stereocenters. The smallest absolute Gasteiger partial charge is 0.129 e. The van der Waals surface area contributed by atoms with E-state index in [2.05, 4.69) is 44.0 Å². The van der Waals surface area contributed by atoms with Gasteiger partial charge in [-0.2, -0.15) is 0 Å². The van der Waals surface area contributed by atoms with Crippen molar-refractivity contribution in [1.29, 1.82) is 0 Å². The third kappa shape index (κ3) is 3.71. The zero-order valence-corrected chi connectivity index (χ0v) is 12.2. The van der Waals surface area contributed by atoms with Crippen molar-refractivity contribution < 1.29 is 4.74 Å². The van der Waals surface area contributed by atoms with E-state index in [1.54, 1.807) is 12.3 Å². The molecule has 0 aliphatic carbocycles. The van der Waals surface area contributed by atoms with Crippen LogP contribution in [0, 0.1) is 6.92 Å². The minimum absolute atomic E-state index is 0.500. The first-order chi connectivity index (χ1) is 9.06. The summed E-state index contributed by atoms with van der Waals surface area (Å²) in [6.45, 7) is 6.92. The molecule has 3 heteroatoms. The first-order valence-corrected chi connectivity index (χ1v) is 6.78. The highest BCUT2D eigenvalue weighted by Gasteiger charge is 2.05. The van der Waals surface area contributed by atoms with E-state index in [1.165, 1.54) is 5.56 Å². The van der Waals surface area contributed by atoms with Crippen LogP contribution in [0.5, 0.6) is 5.75 Å². The zero-order valence-electron chi connectivity index (χ0n) is 11.5. The van der Waals surface area contributed by atoms with Gasteiger partial charge in [0.05, 0.1) is 0 Å². The fraction of sp³-hybridized carbons (Fsp3) is 0.312. The van der Waals surface area contributed by atoms with E-state index in [9.17, 15) is 0 Å². The van der Waals surface area contributed by atoms with Crippen LogP contribution in [0.3, 0.4) is 0 Å². The maximum Gasteiger partial charge on any atom is 0.129 e. The summed E-state index contributed by atoms with van der Waals surface area (Å²) in [6, 6.07) is 10.1. The van der Waals surface area contributed by atoms with E-state index >= 15 is 0 Å². The predicted molar refractivity (Wildman–Crippen MR) is 78.8 cm³/mol. The summed E-state index contributed by atoms with van der Waals surface area (Å²) < 4.78 is 5.87. The van der Waals surface area contributed by atoms with Crippen molar-refractivity contribution in [3.8, 4) is 5.75 Å². The number of benzene rings is 1. The van der Waals surface area contributed by atoms with Crippen LogP contribution in [0.4, 0.5) is 0 Å². The van der Waals surface area contributed by atoms with Gasteiger partial charge in [-0.3, -0.25) is 0 Å². The van der Waals surface area contributed by atoms with E-state index in [-0.39, 0.29) is 0 Å². The Hall–Kier alpha value is -1.54. The molecular formula is C16H18ClNO. The molecule has 1 aromatic carbocycles. The van der Waals surface area contributed by atoms with Crippen molar-refractivity contribution in [3.63, 3.8) is 0 Å². The fourth-order valence-corrected chi connectivity index (χ4v) is 1.90. The molecule has 0 saturated heterocycles. The first-order valence-electron chi connectivity index (χ1n) is 6.40. The Kier molecular flexibility index (Phi) is 4.43. The summed E-state index contributed by atoms with van der Waals surface area (Å²) in [5.74, 6) is 1.43. The van der Waals surface area contributed by atoms with Crippen LogP contribution in [0.15, 0.2) is 36.5 Å². The van der Waals surface area contributed by atoms with Gasteiger partial charge in [0.25, 0.3) is 0 Å². The fourth-order valence-electron chi connectivity index (χ4n) is 1.78. The average Bonchev–Trinajstić information content (AvgIpc) is 2.39. The summed E-state index contributed by atoms with van der Waals surface area (Å²) in [6.07, 6.45) is 1.74. The van der Waals surface area contributed by atoms with Crippen LogP contribution >= 0.6 is 11.6 Å². The molecule has 0 fully saturated rings. The normalized spacial score (nSPS) is 10.8. The third-order valence-electron chi connectivity index (χ3n) is 3.06. The lowest BCUT2D eigenvalue weighted by molar-refractivity contribution is 0.303. The Bertz CT molecular complexity index is 549. The monoisotopic (exact) mass is 275 g/mol. The summed E-state index contributed by atoms with van der Waals surface area (Å²) in [4.78, 5) is 4.05. The second-order valence-corrected chi connectivity index (χ2v) is 5.34. The molecule has 0 aliphatic heterocycles. The molecule has 0 amide bonds. The molecule has 1 heterocycles. The molecule has 100 valence electrons. The molecule has 19 heavy (non-hydrogen) atoms. The zero-order chi connectivity index (χ0) is 13.8. The summed E-state index contributed by atoms with van der Waals surface area (Å²) in [5.41, 5.74) is 3.44. The molecule has 0 unspecified atom stereocenters. The Morgan fingerprint density at radius 3 is 2.63 bits per heavy atom. The number of ether oxygens (including phenoxy) is 1. The third-order valence-corrected chi connectivity index (χ3v) is 3.29. The minimum atomic E-state index is 0.500. The molecule has 1 aromatic heterocycles. The molecule has 0 saturated carbocycles. The Morgan fingerprint density at radius 1 is 1.21 bits per heavy atom. The van der Waals surface area contributed by atoms with Gasteiger partial charge in [-0.05, 0) is 36.1 Å². The van der Waals surface area contributed by atoms with Gasteiger partial charge in [-0.1, -0.05) is 43.6 Å². The highest BCUT2D eigenvalue weighted by molar-refractivity contribution is 6.29. The van der Waals surface area contributed by atoms with E-state index in [0.29, 0.717) is 17.7 Å². The van der Waals surface area contributed by atoms with Gasteiger partial charge in [0.15, 0.2) is 0 Å². The second kappa shape index (κ2) is 6.07. The predicted octanol–water partition coefficient (Wildman–Crippen LogP) is 4.75. The Morgan fingerprint density at radius 2 is 2.00 bits per heavy atom. The Balaban J connectivity index is 2.10. The SMILES string of the molecule is Cc1ccc(C(C)C)cc1OCc1ccc(Cl)nc1. The van der Waals surface area contributed by atoms with Crippen molar-refractivity contribution in [3.05, 3.63) is 58.4 Å². The number of rotatable bonds is 4. The van der Waals surface area contributed by atoms with E-state index < -0.39 is 0 Å². The highest BCUT2D eigenvalue weighted by Crippen LogP contribution is 2.25. The van der Waals surface area contributed by atoms with Crippen molar-refractivity contribution >= 4 is 11.6 Å². The standard InChI is InChI=1S/C16H18ClNO/c1-11(2)14-6-4-12(3)15(8-14)19-10-13-5-7-16(17)18-9-13/h4-9,11H,10H2,1-3H3. The van der Waals surface area contributed by atoms with Crippen LogP contribution in [0.2, 0.25) is 5.15 Å². The number of hydrogen-bond acceptors (Lipinski definition) is 2. The lowest BCUT2D eigenvalue weighted by Gasteiger charge is -2.12. The highest BCUT2D eigenvalue weighted by atomic mass is 35.5. The largest absolute Gasteiger partial charge is 0.489 e. The molecule has 2 rings (SSSR count). The van der Waals surface area contributed by atoms with Crippen molar-refractivity contribution in [2.45, 2.75) is 33.3 Å². The average molecular weight is 276 g/mol. The van der Waals surface area contributed by atoms with Gasteiger partial charge in [-0.15, -0.1) is 0 Å².